The molecule has 9 nitrogen and oxygen atoms in total. The molecule has 1 aliphatic rings. The Morgan fingerprint density at radius 1 is 1.35 bits per heavy atom. The number of benzene rings is 1. The van der Waals surface area contributed by atoms with E-state index in [0.29, 0.717) is 12.1 Å². The van der Waals surface area contributed by atoms with Gasteiger partial charge in [-0.3, -0.25) is 14.4 Å². The van der Waals surface area contributed by atoms with E-state index in [0.717, 1.165) is 0 Å². The topological polar surface area (TPSA) is 140 Å². The number of hydrogen-bond donors (Lipinski definition) is 6. The molecule has 6 N–H and O–H groups in total. The number of carbonyl (C=O) groups is 3. The summed E-state index contributed by atoms with van der Waals surface area (Å²) in [6.07, 6.45) is 0.291. The van der Waals surface area contributed by atoms with Crippen molar-refractivity contribution in [1.82, 2.24) is 21.3 Å². The summed E-state index contributed by atoms with van der Waals surface area (Å²) in [6.45, 7) is 3.52. The average Bonchev–Trinajstić information content (AvgIpc) is 2.56. The third kappa shape index (κ3) is 4.73. The molecule has 2 atom stereocenters. The van der Waals surface area contributed by atoms with Crippen molar-refractivity contribution < 1.29 is 24.6 Å². The fraction of sp³-hybridized carbons (Fsp3) is 0.353. The quantitative estimate of drug-likeness (QED) is 0.380. The molecular formula is C17H22N4O5. The van der Waals surface area contributed by atoms with Gasteiger partial charge < -0.3 is 31.5 Å². The Hall–Kier alpha value is -3.07. The maximum Gasteiger partial charge on any atom is 0.256 e. The number of phenolic OH excluding ortho intramolecular Hbond substituents is 1. The SMILES string of the molecule is CCNC(=O)C(Cc1ccc(O)c(C2=CNC(O)NC2=O)c1)NC(C)=O. The third-order valence-electron chi connectivity index (χ3n) is 3.73. The van der Waals surface area contributed by atoms with Crippen molar-refractivity contribution in [2.75, 3.05) is 6.54 Å². The van der Waals surface area contributed by atoms with Crippen molar-refractivity contribution >= 4 is 23.3 Å². The van der Waals surface area contributed by atoms with Gasteiger partial charge in [-0.25, -0.2) is 0 Å². The monoisotopic (exact) mass is 362 g/mol. The zero-order valence-electron chi connectivity index (χ0n) is 14.5. The Balaban J connectivity index is 2.28. The zero-order valence-corrected chi connectivity index (χ0v) is 14.5. The lowest BCUT2D eigenvalue weighted by atomic mass is 9.97. The van der Waals surface area contributed by atoms with Gasteiger partial charge in [0, 0.05) is 31.7 Å². The van der Waals surface area contributed by atoms with Gasteiger partial charge in [-0.1, -0.05) is 6.07 Å². The minimum atomic E-state index is -1.20. The smallest absolute Gasteiger partial charge is 0.256 e. The second-order valence-electron chi connectivity index (χ2n) is 5.80. The predicted octanol–water partition coefficient (Wildman–Crippen LogP) is -1.09. The van der Waals surface area contributed by atoms with Crippen LogP contribution in [0.15, 0.2) is 24.4 Å². The summed E-state index contributed by atoms with van der Waals surface area (Å²) in [6, 6.07) is 3.80. The standard InChI is InChI=1S/C17H22N4O5/c1-3-18-16(25)13(20-9(2)22)7-10-4-5-14(23)11(6-10)12-8-19-17(26)21-15(12)24/h4-6,8,13,17,19,23,26H,3,7H2,1-2H3,(H,18,25)(H,20,22)(H,21,24). The molecule has 2 rings (SSSR count). The molecule has 0 saturated carbocycles. The van der Waals surface area contributed by atoms with E-state index < -0.39 is 18.3 Å². The molecule has 1 aliphatic heterocycles. The summed E-state index contributed by atoms with van der Waals surface area (Å²) >= 11 is 0. The van der Waals surface area contributed by atoms with E-state index in [1.54, 1.807) is 19.1 Å². The minimum absolute atomic E-state index is 0.123. The highest BCUT2D eigenvalue weighted by atomic mass is 16.3. The molecule has 26 heavy (non-hydrogen) atoms. The summed E-state index contributed by atoms with van der Waals surface area (Å²) in [5.41, 5.74) is 1.03. The first-order chi connectivity index (χ1) is 12.3. The number of likely N-dealkylation sites (N-methyl/N-ethyl adjacent to an activating group) is 1. The van der Waals surface area contributed by atoms with Crippen molar-refractivity contribution in [3.8, 4) is 5.75 Å². The largest absolute Gasteiger partial charge is 0.507 e. The summed E-state index contributed by atoms with van der Waals surface area (Å²) in [4.78, 5) is 35.5. The average molecular weight is 362 g/mol. The van der Waals surface area contributed by atoms with Crippen LogP contribution in [0.3, 0.4) is 0 Å². The highest BCUT2D eigenvalue weighted by Gasteiger charge is 2.24. The lowest BCUT2D eigenvalue weighted by Gasteiger charge is -2.22. The highest BCUT2D eigenvalue weighted by Crippen LogP contribution is 2.27. The Labute approximate surface area is 150 Å². The van der Waals surface area contributed by atoms with Crippen LogP contribution in [0.1, 0.15) is 25.0 Å². The van der Waals surface area contributed by atoms with Crippen molar-refractivity contribution in [2.45, 2.75) is 32.7 Å². The van der Waals surface area contributed by atoms with E-state index in [-0.39, 0.29) is 35.1 Å². The van der Waals surface area contributed by atoms with Crippen LogP contribution in [-0.2, 0) is 20.8 Å². The number of hydrogen-bond acceptors (Lipinski definition) is 6. The number of aliphatic hydroxyl groups excluding tert-OH is 1. The van der Waals surface area contributed by atoms with Crippen LogP contribution in [0.25, 0.3) is 5.57 Å². The number of aromatic hydroxyl groups is 1. The number of aliphatic hydroxyl groups is 1. The van der Waals surface area contributed by atoms with Gasteiger partial charge in [0.15, 0.2) is 0 Å². The van der Waals surface area contributed by atoms with E-state index in [2.05, 4.69) is 21.3 Å². The number of phenols is 1. The fourth-order valence-electron chi connectivity index (χ4n) is 2.59. The van der Waals surface area contributed by atoms with Crippen LogP contribution in [0.5, 0.6) is 5.75 Å². The molecule has 1 heterocycles. The molecule has 0 bridgehead atoms. The Morgan fingerprint density at radius 2 is 2.08 bits per heavy atom. The summed E-state index contributed by atoms with van der Waals surface area (Å²) in [5.74, 6) is -1.34. The first kappa shape index (κ1) is 19.3. The molecule has 0 fully saturated rings. The summed E-state index contributed by atoms with van der Waals surface area (Å²) < 4.78 is 0. The molecular weight excluding hydrogens is 340 g/mol. The van der Waals surface area contributed by atoms with E-state index >= 15 is 0 Å². The van der Waals surface area contributed by atoms with Crippen LogP contribution in [0, 0.1) is 0 Å². The van der Waals surface area contributed by atoms with Gasteiger partial charge in [-0.05, 0) is 24.6 Å². The van der Waals surface area contributed by atoms with E-state index in [9.17, 15) is 24.6 Å². The first-order valence-corrected chi connectivity index (χ1v) is 8.14. The van der Waals surface area contributed by atoms with Crippen LogP contribution in [0.4, 0.5) is 0 Å². The van der Waals surface area contributed by atoms with Crippen LogP contribution >= 0.6 is 0 Å². The van der Waals surface area contributed by atoms with Crippen LogP contribution in [0.2, 0.25) is 0 Å². The van der Waals surface area contributed by atoms with Crippen molar-refractivity contribution in [1.29, 1.82) is 0 Å². The molecule has 0 aromatic heterocycles. The van der Waals surface area contributed by atoms with Gasteiger partial charge in [0.05, 0.1) is 5.57 Å². The van der Waals surface area contributed by atoms with Gasteiger partial charge in [0.2, 0.25) is 18.2 Å². The Morgan fingerprint density at radius 3 is 2.69 bits per heavy atom. The second-order valence-corrected chi connectivity index (χ2v) is 5.80. The van der Waals surface area contributed by atoms with Gasteiger partial charge in [0.25, 0.3) is 5.91 Å². The van der Waals surface area contributed by atoms with Gasteiger partial charge >= 0.3 is 0 Å². The van der Waals surface area contributed by atoms with E-state index in [1.165, 1.54) is 19.2 Å². The van der Waals surface area contributed by atoms with Crippen LogP contribution in [-0.4, -0.2) is 46.9 Å². The highest BCUT2D eigenvalue weighted by molar-refractivity contribution is 6.20. The molecule has 0 saturated heterocycles. The second kappa shape index (κ2) is 8.34. The predicted molar refractivity (Wildman–Crippen MR) is 93.4 cm³/mol. The van der Waals surface area contributed by atoms with Crippen molar-refractivity contribution in [2.24, 2.45) is 0 Å². The minimum Gasteiger partial charge on any atom is -0.507 e. The zero-order chi connectivity index (χ0) is 19.3. The molecule has 1 aromatic carbocycles. The molecule has 9 heteroatoms. The molecule has 2 unspecified atom stereocenters. The molecule has 1 aromatic rings. The Bertz CT molecular complexity index is 747. The normalized spacial score (nSPS) is 17.4. The van der Waals surface area contributed by atoms with Gasteiger partial charge in [-0.2, -0.15) is 0 Å². The number of amides is 3. The number of carbonyl (C=O) groups excluding carboxylic acids is 3. The van der Waals surface area contributed by atoms with E-state index in [1.807, 2.05) is 0 Å². The molecule has 0 spiro atoms. The van der Waals surface area contributed by atoms with Gasteiger partial charge in [0.1, 0.15) is 11.8 Å². The number of rotatable bonds is 6. The maximum atomic E-state index is 12.1. The molecule has 3 amide bonds. The first-order valence-electron chi connectivity index (χ1n) is 8.14. The van der Waals surface area contributed by atoms with Crippen LogP contribution < -0.4 is 21.3 Å². The summed E-state index contributed by atoms with van der Waals surface area (Å²) in [7, 11) is 0. The third-order valence-corrected chi connectivity index (χ3v) is 3.73. The fourth-order valence-corrected chi connectivity index (χ4v) is 2.59. The Kier molecular flexibility index (Phi) is 6.18. The van der Waals surface area contributed by atoms with Gasteiger partial charge in [-0.15, -0.1) is 0 Å². The van der Waals surface area contributed by atoms with Crippen molar-refractivity contribution in [3.05, 3.63) is 35.5 Å². The molecule has 140 valence electrons. The maximum absolute atomic E-state index is 12.1. The molecule has 0 aliphatic carbocycles. The summed E-state index contributed by atoms with van der Waals surface area (Å²) in [5, 5.41) is 29.5. The van der Waals surface area contributed by atoms with E-state index in [4.69, 9.17) is 0 Å². The number of nitrogens with one attached hydrogen (secondary N) is 4. The molecule has 0 radical (unpaired) electrons. The lowest BCUT2D eigenvalue weighted by molar-refractivity contribution is -0.128. The van der Waals surface area contributed by atoms with Crippen molar-refractivity contribution in [3.63, 3.8) is 0 Å². The lowest BCUT2D eigenvalue weighted by Crippen LogP contribution is -2.47.